The summed E-state index contributed by atoms with van der Waals surface area (Å²) in [6.07, 6.45) is 0. The van der Waals surface area contributed by atoms with Crippen LogP contribution in [0.2, 0.25) is 0 Å². The molecule has 2 aromatic rings. The fraction of sp³-hybridized carbons (Fsp3) is 0.0714. The van der Waals surface area contributed by atoms with Crippen molar-refractivity contribution in [1.82, 2.24) is 0 Å². The number of hydrogen-bond acceptors (Lipinski definition) is 2. The van der Waals surface area contributed by atoms with Crippen molar-refractivity contribution in [2.24, 2.45) is 0 Å². The molecule has 0 spiro atoms. The first kappa shape index (κ1) is 10.3. The molecule has 0 radical (unpaired) electrons. The highest BCUT2D eigenvalue weighted by atomic mass is 31.2. The Kier molecular flexibility index (Phi) is 2.02. The van der Waals surface area contributed by atoms with Gasteiger partial charge in [-0.25, -0.2) is 0 Å². The molecule has 1 heterocycles. The standard InChI is InChI=1S/C14H10NOP/c1-17(16)13-5-3-2-4-11(13)12-7-6-10(9-15)8-14(12)17/h2-8H,1H3. The summed E-state index contributed by atoms with van der Waals surface area (Å²) in [5, 5.41) is 10.6. The molecule has 0 bridgehead atoms. The molecule has 0 saturated carbocycles. The van der Waals surface area contributed by atoms with E-state index in [0.29, 0.717) is 5.56 Å². The maximum Gasteiger partial charge on any atom is 0.141 e. The molecule has 2 aromatic carbocycles. The van der Waals surface area contributed by atoms with Crippen LogP contribution in [-0.2, 0) is 4.57 Å². The number of nitrogens with zero attached hydrogens (tertiary/aromatic N) is 1. The average Bonchev–Trinajstić information content (AvgIpc) is 2.59. The van der Waals surface area contributed by atoms with Crippen LogP contribution in [0.4, 0.5) is 0 Å². The van der Waals surface area contributed by atoms with E-state index < -0.39 is 7.14 Å². The third kappa shape index (κ3) is 1.30. The maximum absolute atomic E-state index is 12.8. The van der Waals surface area contributed by atoms with E-state index in [1.807, 2.05) is 30.3 Å². The fourth-order valence-electron chi connectivity index (χ4n) is 2.39. The Morgan fingerprint density at radius 2 is 1.76 bits per heavy atom. The normalized spacial score (nSPS) is 20.5. The van der Waals surface area contributed by atoms with E-state index in [0.717, 1.165) is 21.7 Å². The summed E-state index contributed by atoms with van der Waals surface area (Å²) in [5.41, 5.74) is 2.61. The first-order valence-corrected chi connectivity index (χ1v) is 7.52. The number of hydrogen-bond donors (Lipinski definition) is 0. The summed E-state index contributed by atoms with van der Waals surface area (Å²) in [6, 6.07) is 15.3. The van der Waals surface area contributed by atoms with E-state index in [1.54, 1.807) is 18.8 Å². The van der Waals surface area contributed by atoms with Gasteiger partial charge in [0, 0.05) is 10.6 Å². The lowest BCUT2D eigenvalue weighted by Gasteiger charge is -2.07. The molecular formula is C14H10NOP. The van der Waals surface area contributed by atoms with Crippen LogP contribution in [0.25, 0.3) is 11.1 Å². The Labute approximate surface area is 99.9 Å². The van der Waals surface area contributed by atoms with Gasteiger partial charge in [0.2, 0.25) is 0 Å². The summed E-state index contributed by atoms with van der Waals surface area (Å²) in [6.45, 7) is 1.78. The van der Waals surface area contributed by atoms with Crippen LogP contribution >= 0.6 is 7.14 Å². The molecular weight excluding hydrogens is 229 g/mol. The zero-order chi connectivity index (χ0) is 12.0. The summed E-state index contributed by atoms with van der Waals surface area (Å²) in [5.74, 6) is 0. The second kappa shape index (κ2) is 3.32. The molecule has 1 unspecified atom stereocenters. The Bertz CT molecular complexity index is 712. The van der Waals surface area contributed by atoms with E-state index in [4.69, 9.17) is 5.26 Å². The quantitative estimate of drug-likeness (QED) is 0.663. The van der Waals surface area contributed by atoms with Gasteiger partial charge in [0.15, 0.2) is 0 Å². The second-order valence-corrected chi connectivity index (χ2v) is 7.10. The van der Waals surface area contributed by atoms with Crippen LogP contribution in [-0.4, -0.2) is 6.66 Å². The van der Waals surface area contributed by atoms with Gasteiger partial charge in [-0.2, -0.15) is 5.26 Å². The summed E-state index contributed by atoms with van der Waals surface area (Å²) in [7, 11) is -2.51. The predicted molar refractivity (Wildman–Crippen MR) is 69.4 cm³/mol. The largest absolute Gasteiger partial charge is 0.314 e. The SMILES string of the molecule is CP1(=O)c2ccccc2-c2ccc(C#N)cc21. The van der Waals surface area contributed by atoms with Gasteiger partial charge in [-0.05, 0) is 29.9 Å². The van der Waals surface area contributed by atoms with Gasteiger partial charge in [0.1, 0.15) is 7.14 Å². The Morgan fingerprint density at radius 3 is 2.53 bits per heavy atom. The van der Waals surface area contributed by atoms with Crippen LogP contribution < -0.4 is 10.6 Å². The van der Waals surface area contributed by atoms with Crippen molar-refractivity contribution in [3.63, 3.8) is 0 Å². The van der Waals surface area contributed by atoms with E-state index >= 15 is 0 Å². The van der Waals surface area contributed by atoms with E-state index in [2.05, 4.69) is 6.07 Å². The minimum atomic E-state index is -2.51. The minimum absolute atomic E-state index is 0.568. The predicted octanol–water partition coefficient (Wildman–Crippen LogP) is 2.48. The van der Waals surface area contributed by atoms with Gasteiger partial charge in [-0.15, -0.1) is 0 Å². The molecule has 0 aliphatic carbocycles. The average molecular weight is 239 g/mol. The van der Waals surface area contributed by atoms with Gasteiger partial charge in [-0.3, -0.25) is 0 Å². The van der Waals surface area contributed by atoms with E-state index in [1.165, 1.54) is 0 Å². The third-order valence-corrected chi connectivity index (χ3v) is 5.84. The van der Waals surface area contributed by atoms with Gasteiger partial charge in [-0.1, -0.05) is 30.3 Å². The molecule has 0 amide bonds. The van der Waals surface area contributed by atoms with Crippen molar-refractivity contribution in [3.05, 3.63) is 48.0 Å². The highest BCUT2D eigenvalue weighted by Crippen LogP contribution is 2.49. The molecule has 17 heavy (non-hydrogen) atoms. The van der Waals surface area contributed by atoms with E-state index in [9.17, 15) is 4.57 Å². The molecule has 2 nitrogen and oxygen atoms in total. The highest BCUT2D eigenvalue weighted by Gasteiger charge is 2.34. The van der Waals surface area contributed by atoms with Crippen LogP contribution in [0, 0.1) is 11.3 Å². The first-order chi connectivity index (χ1) is 8.14. The molecule has 1 aliphatic rings. The summed E-state index contributed by atoms with van der Waals surface area (Å²) < 4.78 is 12.8. The van der Waals surface area contributed by atoms with Gasteiger partial charge in [0.05, 0.1) is 11.6 Å². The molecule has 0 N–H and O–H groups in total. The molecule has 0 fully saturated rings. The molecule has 3 rings (SSSR count). The lowest BCUT2D eigenvalue weighted by Crippen LogP contribution is -2.08. The monoisotopic (exact) mass is 239 g/mol. The number of nitriles is 1. The molecule has 1 atom stereocenters. The Morgan fingerprint density at radius 1 is 1.06 bits per heavy atom. The Hall–Kier alpha value is -1.84. The zero-order valence-corrected chi connectivity index (χ0v) is 10.2. The smallest absolute Gasteiger partial charge is 0.141 e. The molecule has 82 valence electrons. The van der Waals surface area contributed by atoms with Gasteiger partial charge in [0.25, 0.3) is 0 Å². The topological polar surface area (TPSA) is 40.9 Å². The lowest BCUT2D eigenvalue weighted by atomic mass is 10.0. The van der Waals surface area contributed by atoms with Gasteiger partial charge >= 0.3 is 0 Å². The minimum Gasteiger partial charge on any atom is -0.314 e. The summed E-state index contributed by atoms with van der Waals surface area (Å²) in [4.78, 5) is 0. The zero-order valence-electron chi connectivity index (χ0n) is 9.34. The third-order valence-electron chi connectivity index (χ3n) is 3.24. The van der Waals surface area contributed by atoms with Crippen molar-refractivity contribution >= 4 is 17.8 Å². The van der Waals surface area contributed by atoms with Crippen LogP contribution in [0.3, 0.4) is 0 Å². The van der Waals surface area contributed by atoms with Crippen LogP contribution in [0.15, 0.2) is 42.5 Å². The van der Waals surface area contributed by atoms with Crippen molar-refractivity contribution in [3.8, 4) is 17.2 Å². The van der Waals surface area contributed by atoms with E-state index in [-0.39, 0.29) is 0 Å². The first-order valence-electron chi connectivity index (χ1n) is 5.37. The summed E-state index contributed by atoms with van der Waals surface area (Å²) >= 11 is 0. The number of fused-ring (bicyclic) bond motifs is 3. The van der Waals surface area contributed by atoms with Crippen LogP contribution in [0.1, 0.15) is 5.56 Å². The molecule has 1 aliphatic heterocycles. The van der Waals surface area contributed by atoms with Crippen molar-refractivity contribution in [2.75, 3.05) is 6.66 Å². The maximum atomic E-state index is 12.8. The number of rotatable bonds is 0. The van der Waals surface area contributed by atoms with Crippen molar-refractivity contribution in [1.29, 1.82) is 5.26 Å². The fourth-order valence-corrected chi connectivity index (χ4v) is 4.71. The Balaban J connectivity index is 2.41. The second-order valence-electron chi connectivity index (χ2n) is 4.29. The van der Waals surface area contributed by atoms with Crippen molar-refractivity contribution in [2.45, 2.75) is 0 Å². The van der Waals surface area contributed by atoms with Crippen LogP contribution in [0.5, 0.6) is 0 Å². The van der Waals surface area contributed by atoms with Gasteiger partial charge < -0.3 is 4.57 Å². The molecule has 3 heteroatoms. The van der Waals surface area contributed by atoms with Crippen molar-refractivity contribution < 1.29 is 4.57 Å². The number of benzene rings is 2. The molecule has 0 saturated heterocycles. The lowest BCUT2D eigenvalue weighted by molar-refractivity contribution is 0.591. The highest BCUT2D eigenvalue weighted by molar-refractivity contribution is 7.79. The molecule has 0 aromatic heterocycles.